The van der Waals surface area contributed by atoms with Gasteiger partial charge >= 0.3 is 0 Å². The molecule has 19 heavy (non-hydrogen) atoms. The Balaban J connectivity index is 2.10. The number of fused-ring (bicyclic) bond motifs is 1. The molecule has 1 aromatic heterocycles. The fourth-order valence-electron chi connectivity index (χ4n) is 2.57. The third kappa shape index (κ3) is 2.50. The molecule has 3 nitrogen and oxygen atoms in total. The Bertz CT molecular complexity index is 627. The van der Waals surface area contributed by atoms with E-state index in [4.69, 9.17) is 0 Å². The number of halogens is 1. The Labute approximate surface area is 120 Å². The quantitative estimate of drug-likeness (QED) is 0.798. The fourth-order valence-corrected chi connectivity index (χ4v) is 2.92. The van der Waals surface area contributed by atoms with Crippen LogP contribution in [0.3, 0.4) is 0 Å². The van der Waals surface area contributed by atoms with E-state index in [1.807, 2.05) is 29.2 Å². The van der Waals surface area contributed by atoms with Crippen LogP contribution in [0.2, 0.25) is 0 Å². The molecule has 0 unspecified atom stereocenters. The summed E-state index contributed by atoms with van der Waals surface area (Å²) in [5.74, 6) is 0.217. The number of carbonyl (C=O) groups is 1. The lowest BCUT2D eigenvalue weighted by molar-refractivity contribution is -0.118. The van der Waals surface area contributed by atoms with Crippen molar-refractivity contribution in [2.45, 2.75) is 25.7 Å². The van der Waals surface area contributed by atoms with Crippen LogP contribution >= 0.6 is 15.9 Å². The Morgan fingerprint density at radius 3 is 3.00 bits per heavy atom. The van der Waals surface area contributed by atoms with E-state index < -0.39 is 0 Å². The van der Waals surface area contributed by atoms with Gasteiger partial charge in [0.15, 0.2) is 0 Å². The Morgan fingerprint density at radius 2 is 2.11 bits per heavy atom. The average molecular weight is 319 g/mol. The Morgan fingerprint density at radius 1 is 1.21 bits per heavy atom. The number of pyridine rings is 1. The van der Waals surface area contributed by atoms with Crippen molar-refractivity contribution in [2.75, 3.05) is 11.4 Å². The number of benzene rings is 1. The molecule has 2 aromatic rings. The van der Waals surface area contributed by atoms with Gasteiger partial charge in [0, 0.05) is 29.0 Å². The SMILES string of the molecule is O=C1CCCCCN1c1cccc2cc(Br)cnc12. The van der Waals surface area contributed by atoms with Crippen molar-refractivity contribution in [3.8, 4) is 0 Å². The highest BCUT2D eigenvalue weighted by molar-refractivity contribution is 9.10. The maximum absolute atomic E-state index is 12.2. The number of amides is 1. The molecule has 0 atom stereocenters. The fraction of sp³-hybridized carbons (Fsp3) is 0.333. The van der Waals surface area contributed by atoms with Gasteiger partial charge in [0.2, 0.25) is 5.91 Å². The third-order valence-corrected chi connectivity index (χ3v) is 3.95. The Kier molecular flexibility index (Phi) is 3.51. The summed E-state index contributed by atoms with van der Waals surface area (Å²) in [5, 5.41) is 1.06. The maximum atomic E-state index is 12.2. The molecule has 4 heteroatoms. The van der Waals surface area contributed by atoms with Crippen LogP contribution in [-0.2, 0) is 4.79 Å². The minimum Gasteiger partial charge on any atom is -0.310 e. The van der Waals surface area contributed by atoms with Gasteiger partial charge in [0.05, 0.1) is 11.2 Å². The summed E-state index contributed by atoms with van der Waals surface area (Å²) in [5.41, 5.74) is 1.85. The molecule has 0 N–H and O–H groups in total. The summed E-state index contributed by atoms with van der Waals surface area (Å²) in [6, 6.07) is 8.05. The van der Waals surface area contributed by atoms with Crippen LogP contribution in [-0.4, -0.2) is 17.4 Å². The zero-order chi connectivity index (χ0) is 13.2. The summed E-state index contributed by atoms with van der Waals surface area (Å²) in [6.07, 6.45) is 5.63. The van der Waals surface area contributed by atoms with Crippen LogP contribution in [0.4, 0.5) is 5.69 Å². The molecule has 1 amide bonds. The lowest BCUT2D eigenvalue weighted by atomic mass is 10.1. The van der Waals surface area contributed by atoms with Crippen molar-refractivity contribution in [3.63, 3.8) is 0 Å². The zero-order valence-electron chi connectivity index (χ0n) is 10.6. The van der Waals surface area contributed by atoms with Gasteiger partial charge in [-0.1, -0.05) is 18.6 Å². The first-order chi connectivity index (χ1) is 9.25. The number of aromatic nitrogens is 1. The number of rotatable bonds is 1. The molecule has 3 rings (SSSR count). The first kappa shape index (κ1) is 12.6. The number of anilines is 1. The largest absolute Gasteiger partial charge is 0.310 e. The number of nitrogens with zero attached hydrogens (tertiary/aromatic N) is 2. The van der Waals surface area contributed by atoms with E-state index >= 15 is 0 Å². The molecule has 1 fully saturated rings. The number of para-hydroxylation sites is 1. The van der Waals surface area contributed by atoms with Crippen molar-refractivity contribution in [1.29, 1.82) is 0 Å². The van der Waals surface area contributed by atoms with Crippen LogP contribution in [0, 0.1) is 0 Å². The summed E-state index contributed by atoms with van der Waals surface area (Å²) < 4.78 is 0.958. The number of hydrogen-bond acceptors (Lipinski definition) is 2. The van der Waals surface area contributed by atoms with E-state index in [0.29, 0.717) is 6.42 Å². The molecule has 1 aliphatic rings. The smallest absolute Gasteiger partial charge is 0.227 e. The first-order valence-electron chi connectivity index (χ1n) is 6.60. The van der Waals surface area contributed by atoms with E-state index in [1.165, 1.54) is 0 Å². The Hall–Kier alpha value is -1.42. The predicted molar refractivity (Wildman–Crippen MR) is 80.3 cm³/mol. The van der Waals surface area contributed by atoms with Crippen LogP contribution in [0.5, 0.6) is 0 Å². The molecular weight excluding hydrogens is 304 g/mol. The van der Waals surface area contributed by atoms with Crippen LogP contribution < -0.4 is 4.90 Å². The second kappa shape index (κ2) is 5.29. The summed E-state index contributed by atoms with van der Waals surface area (Å²) >= 11 is 3.43. The van der Waals surface area contributed by atoms with Crippen molar-refractivity contribution in [2.24, 2.45) is 0 Å². The van der Waals surface area contributed by atoms with Gasteiger partial charge in [-0.3, -0.25) is 9.78 Å². The highest BCUT2D eigenvalue weighted by Gasteiger charge is 2.20. The van der Waals surface area contributed by atoms with Gasteiger partial charge in [0.25, 0.3) is 0 Å². The molecule has 2 heterocycles. The normalized spacial score (nSPS) is 16.7. The third-order valence-electron chi connectivity index (χ3n) is 3.52. The van der Waals surface area contributed by atoms with Gasteiger partial charge in [0.1, 0.15) is 0 Å². The van der Waals surface area contributed by atoms with Crippen molar-refractivity contribution in [3.05, 3.63) is 34.9 Å². The summed E-state index contributed by atoms with van der Waals surface area (Å²) in [6.45, 7) is 0.801. The second-order valence-corrected chi connectivity index (χ2v) is 5.77. The summed E-state index contributed by atoms with van der Waals surface area (Å²) in [7, 11) is 0. The molecule has 0 saturated carbocycles. The predicted octanol–water partition coefficient (Wildman–Crippen LogP) is 3.90. The molecule has 1 aromatic carbocycles. The number of hydrogen-bond donors (Lipinski definition) is 0. The van der Waals surface area contributed by atoms with Gasteiger partial charge in [-0.2, -0.15) is 0 Å². The molecule has 0 spiro atoms. The topological polar surface area (TPSA) is 33.2 Å². The molecular formula is C15H15BrN2O. The van der Waals surface area contributed by atoms with E-state index in [9.17, 15) is 4.79 Å². The minimum atomic E-state index is 0.217. The van der Waals surface area contributed by atoms with Crippen molar-refractivity contribution < 1.29 is 4.79 Å². The van der Waals surface area contributed by atoms with E-state index in [2.05, 4.69) is 20.9 Å². The maximum Gasteiger partial charge on any atom is 0.227 e. The molecule has 1 aliphatic heterocycles. The van der Waals surface area contributed by atoms with Crippen LogP contribution in [0.25, 0.3) is 10.9 Å². The monoisotopic (exact) mass is 318 g/mol. The highest BCUT2D eigenvalue weighted by atomic mass is 79.9. The molecule has 0 aliphatic carbocycles. The first-order valence-corrected chi connectivity index (χ1v) is 7.39. The van der Waals surface area contributed by atoms with E-state index in [-0.39, 0.29) is 5.91 Å². The lowest BCUT2D eigenvalue weighted by Gasteiger charge is -2.21. The van der Waals surface area contributed by atoms with E-state index in [1.54, 1.807) is 6.20 Å². The van der Waals surface area contributed by atoms with Gasteiger partial charge in [-0.05, 0) is 40.9 Å². The van der Waals surface area contributed by atoms with Crippen LogP contribution in [0.1, 0.15) is 25.7 Å². The highest BCUT2D eigenvalue weighted by Crippen LogP contribution is 2.29. The van der Waals surface area contributed by atoms with Crippen molar-refractivity contribution >= 4 is 38.4 Å². The standard InChI is InChI=1S/C15H15BrN2O/c16-12-9-11-5-4-6-13(15(11)17-10-12)18-8-3-1-2-7-14(18)19/h4-6,9-10H,1-3,7-8H2. The molecule has 98 valence electrons. The van der Waals surface area contributed by atoms with Gasteiger partial charge < -0.3 is 4.90 Å². The molecule has 0 bridgehead atoms. The van der Waals surface area contributed by atoms with Gasteiger partial charge in [-0.15, -0.1) is 0 Å². The lowest BCUT2D eigenvalue weighted by Crippen LogP contribution is -2.30. The average Bonchev–Trinajstić information content (AvgIpc) is 2.62. The number of carbonyl (C=O) groups excluding carboxylic acids is 1. The minimum absolute atomic E-state index is 0.217. The van der Waals surface area contributed by atoms with Crippen molar-refractivity contribution in [1.82, 2.24) is 4.98 Å². The van der Waals surface area contributed by atoms with Crippen LogP contribution in [0.15, 0.2) is 34.9 Å². The van der Waals surface area contributed by atoms with E-state index in [0.717, 1.165) is 46.9 Å². The summed E-state index contributed by atoms with van der Waals surface area (Å²) in [4.78, 5) is 18.6. The molecule has 1 saturated heterocycles. The van der Waals surface area contributed by atoms with Gasteiger partial charge in [-0.25, -0.2) is 0 Å². The second-order valence-electron chi connectivity index (χ2n) is 4.86. The molecule has 0 radical (unpaired) electrons. The zero-order valence-corrected chi connectivity index (χ0v) is 12.2.